The van der Waals surface area contributed by atoms with Crippen molar-refractivity contribution in [2.24, 2.45) is 5.41 Å². The molecule has 2 aromatic heterocycles. The number of ether oxygens (including phenoxy) is 2. The second kappa shape index (κ2) is 10.7. The zero-order valence-electron chi connectivity index (χ0n) is 23.1. The van der Waals surface area contributed by atoms with Crippen molar-refractivity contribution in [1.29, 1.82) is 0 Å². The molecule has 3 aromatic rings. The Morgan fingerprint density at radius 2 is 1.88 bits per heavy atom. The minimum atomic E-state index is -0.661. The predicted octanol–water partition coefficient (Wildman–Crippen LogP) is 7.47. The average molecular weight is 591 g/mol. The number of anilines is 1. The summed E-state index contributed by atoms with van der Waals surface area (Å²) in [5, 5.41) is 4.84. The molecular formula is C29H34Cl2FN5O3. The number of carbonyl (C=O) groups is 1. The van der Waals surface area contributed by atoms with Gasteiger partial charge in [-0.15, -0.1) is 0 Å². The first-order chi connectivity index (χ1) is 18.8. The van der Waals surface area contributed by atoms with Crippen LogP contribution in [0.2, 0.25) is 10.0 Å². The molecule has 214 valence electrons. The summed E-state index contributed by atoms with van der Waals surface area (Å²) in [5.41, 5.74) is 7.87. The van der Waals surface area contributed by atoms with Gasteiger partial charge in [0.2, 0.25) is 0 Å². The number of hydrogen-bond donors (Lipinski definition) is 1. The molecule has 0 radical (unpaired) electrons. The van der Waals surface area contributed by atoms with E-state index in [0.29, 0.717) is 22.4 Å². The molecule has 1 spiro atoms. The number of nitrogens with zero attached hydrogens (tertiary/aromatic N) is 4. The van der Waals surface area contributed by atoms with Gasteiger partial charge in [-0.3, -0.25) is 4.68 Å². The van der Waals surface area contributed by atoms with Crippen molar-refractivity contribution in [3.63, 3.8) is 0 Å². The number of likely N-dealkylation sites (tertiary alicyclic amines) is 1. The number of benzene rings is 1. The van der Waals surface area contributed by atoms with Crippen LogP contribution in [0.1, 0.15) is 71.1 Å². The van der Waals surface area contributed by atoms with Crippen LogP contribution in [-0.2, 0) is 4.74 Å². The fourth-order valence-electron chi connectivity index (χ4n) is 5.58. The lowest BCUT2D eigenvalue weighted by atomic mass is 9.60. The summed E-state index contributed by atoms with van der Waals surface area (Å²) >= 11 is 12.4. The van der Waals surface area contributed by atoms with E-state index < -0.39 is 17.5 Å². The van der Waals surface area contributed by atoms with Crippen molar-refractivity contribution < 1.29 is 18.7 Å². The van der Waals surface area contributed by atoms with Gasteiger partial charge < -0.3 is 20.1 Å². The smallest absolute Gasteiger partial charge is 0.410 e. The highest BCUT2D eigenvalue weighted by molar-refractivity contribution is 6.36. The number of nitrogens with two attached hydrogens (primary N) is 1. The summed E-state index contributed by atoms with van der Waals surface area (Å²) in [5.74, 6) is -0.0334. The fraction of sp³-hybridized carbons (Fsp3) is 0.483. The van der Waals surface area contributed by atoms with Gasteiger partial charge in [-0.25, -0.2) is 14.2 Å². The van der Waals surface area contributed by atoms with Crippen LogP contribution in [0.15, 0.2) is 36.8 Å². The Balaban J connectivity index is 1.22. The van der Waals surface area contributed by atoms with E-state index in [-0.39, 0.29) is 22.3 Å². The topological polar surface area (TPSA) is 95.5 Å². The molecule has 2 aliphatic rings. The van der Waals surface area contributed by atoms with Crippen molar-refractivity contribution in [1.82, 2.24) is 19.7 Å². The van der Waals surface area contributed by atoms with Gasteiger partial charge >= 0.3 is 6.09 Å². The van der Waals surface area contributed by atoms with E-state index in [2.05, 4.69) is 10.1 Å². The van der Waals surface area contributed by atoms with Crippen LogP contribution >= 0.6 is 23.2 Å². The Morgan fingerprint density at radius 3 is 2.55 bits per heavy atom. The van der Waals surface area contributed by atoms with Gasteiger partial charge in [-0.2, -0.15) is 5.10 Å². The van der Waals surface area contributed by atoms with E-state index in [1.807, 2.05) is 36.5 Å². The third-order valence-corrected chi connectivity index (χ3v) is 8.51. The molecule has 1 unspecified atom stereocenters. The lowest BCUT2D eigenvalue weighted by molar-refractivity contribution is -0.0258. The van der Waals surface area contributed by atoms with Crippen molar-refractivity contribution in [3.05, 3.63) is 58.2 Å². The molecule has 1 saturated heterocycles. The Hall–Kier alpha value is -3.04. The third-order valence-electron chi connectivity index (χ3n) is 7.79. The van der Waals surface area contributed by atoms with Gasteiger partial charge in [0.25, 0.3) is 0 Å². The summed E-state index contributed by atoms with van der Waals surface area (Å²) in [6.07, 6.45) is 8.58. The van der Waals surface area contributed by atoms with Gasteiger partial charge in [0.05, 0.1) is 17.3 Å². The van der Waals surface area contributed by atoms with Gasteiger partial charge in [0, 0.05) is 47.2 Å². The molecular weight excluding hydrogens is 556 g/mol. The monoisotopic (exact) mass is 589 g/mol. The molecule has 1 saturated carbocycles. The molecule has 8 nitrogen and oxygen atoms in total. The van der Waals surface area contributed by atoms with Crippen LogP contribution in [0, 0.1) is 11.2 Å². The Bertz CT molecular complexity index is 1410. The maximum Gasteiger partial charge on any atom is 0.410 e. The van der Waals surface area contributed by atoms with Crippen LogP contribution in [0.4, 0.5) is 15.0 Å². The minimum absolute atomic E-state index is 0.0854. The number of rotatable bonds is 5. The number of amides is 1. The number of hydrogen-bond acceptors (Lipinski definition) is 6. The summed E-state index contributed by atoms with van der Waals surface area (Å²) in [7, 11) is 0. The number of piperidine rings is 1. The first-order valence-electron chi connectivity index (χ1n) is 13.4. The number of halogens is 3. The lowest BCUT2D eigenvalue weighted by Gasteiger charge is -2.52. The molecule has 40 heavy (non-hydrogen) atoms. The van der Waals surface area contributed by atoms with E-state index in [1.165, 1.54) is 12.1 Å². The van der Waals surface area contributed by atoms with Gasteiger partial charge in [-0.1, -0.05) is 23.2 Å². The van der Waals surface area contributed by atoms with Gasteiger partial charge in [0.15, 0.2) is 11.6 Å². The molecule has 2 N–H and O–H groups in total. The highest BCUT2D eigenvalue weighted by Gasteiger charge is 2.47. The largest absolute Gasteiger partial charge is 0.482 e. The number of aromatic nitrogens is 3. The molecule has 1 atom stereocenters. The van der Waals surface area contributed by atoms with E-state index in [4.69, 9.17) is 38.4 Å². The predicted molar refractivity (Wildman–Crippen MR) is 153 cm³/mol. The van der Waals surface area contributed by atoms with E-state index in [1.54, 1.807) is 25.4 Å². The number of pyridine rings is 1. The van der Waals surface area contributed by atoms with E-state index >= 15 is 0 Å². The van der Waals surface area contributed by atoms with Crippen molar-refractivity contribution >= 4 is 35.1 Å². The molecule has 1 aliphatic carbocycles. The first kappa shape index (κ1) is 28.5. The maximum atomic E-state index is 14.0. The van der Waals surface area contributed by atoms with Crippen LogP contribution in [0.5, 0.6) is 5.75 Å². The molecule has 2 fully saturated rings. The molecule has 3 heterocycles. The van der Waals surface area contributed by atoms with Crippen LogP contribution in [-0.4, -0.2) is 44.4 Å². The number of nitrogen functional groups attached to an aromatic ring is 1. The second-order valence-corrected chi connectivity index (χ2v) is 12.6. The zero-order chi connectivity index (χ0) is 28.8. The fourth-order valence-corrected chi connectivity index (χ4v) is 6.26. The standard InChI is InChI=1S/C29H34Cl2FN5O3/c1-17(24-21(30)5-6-22(32)25(24)31)39-23-11-18(14-34-26(23)33)19-15-35-37(16-19)20-12-29(13-20)7-9-36(10-8-29)27(38)40-28(2,3)4/h5-6,11,14-17,20H,7-10,12-13H2,1-4H3,(H2,33,34). The summed E-state index contributed by atoms with van der Waals surface area (Å²) < 4.78 is 27.6. The Labute approximate surface area is 243 Å². The summed E-state index contributed by atoms with van der Waals surface area (Å²) in [6, 6.07) is 4.75. The third kappa shape index (κ3) is 5.86. The van der Waals surface area contributed by atoms with Crippen molar-refractivity contribution in [3.8, 4) is 16.9 Å². The molecule has 5 rings (SSSR count). The van der Waals surface area contributed by atoms with Crippen LogP contribution < -0.4 is 10.5 Å². The molecule has 1 aromatic carbocycles. The molecule has 0 bridgehead atoms. The SMILES string of the molecule is CC(Oc1cc(-c2cnn(C3CC4(CCN(C(=O)OC(C)(C)C)CC4)C3)c2)cnc1N)c1c(Cl)ccc(F)c1Cl. The first-order valence-corrected chi connectivity index (χ1v) is 14.2. The van der Waals surface area contributed by atoms with Crippen molar-refractivity contribution in [2.45, 2.75) is 71.1 Å². The highest BCUT2D eigenvalue weighted by Crippen LogP contribution is 2.54. The van der Waals surface area contributed by atoms with Crippen molar-refractivity contribution in [2.75, 3.05) is 18.8 Å². The zero-order valence-corrected chi connectivity index (χ0v) is 24.6. The molecule has 11 heteroatoms. The normalized spacial score (nSPS) is 17.9. The summed E-state index contributed by atoms with van der Waals surface area (Å²) in [4.78, 5) is 18.5. The van der Waals surface area contributed by atoms with Crippen LogP contribution in [0.25, 0.3) is 11.1 Å². The average Bonchev–Trinajstić information content (AvgIpc) is 3.35. The van der Waals surface area contributed by atoms with E-state index in [0.717, 1.165) is 49.9 Å². The quantitative estimate of drug-likeness (QED) is 0.310. The second-order valence-electron chi connectivity index (χ2n) is 11.9. The van der Waals surface area contributed by atoms with Gasteiger partial charge in [0.1, 0.15) is 17.5 Å². The molecule has 1 aliphatic heterocycles. The maximum absolute atomic E-state index is 14.0. The molecule has 1 amide bonds. The van der Waals surface area contributed by atoms with Crippen LogP contribution in [0.3, 0.4) is 0 Å². The minimum Gasteiger partial charge on any atom is -0.482 e. The van der Waals surface area contributed by atoms with Gasteiger partial charge in [-0.05, 0) is 77.0 Å². The lowest BCUT2D eigenvalue weighted by Crippen LogP contribution is -2.50. The van der Waals surface area contributed by atoms with E-state index in [9.17, 15) is 9.18 Å². The Kier molecular flexibility index (Phi) is 7.65. The Morgan fingerprint density at radius 1 is 1.18 bits per heavy atom. The number of carbonyl (C=O) groups excluding carboxylic acids is 1. The summed E-state index contributed by atoms with van der Waals surface area (Å²) in [6.45, 7) is 8.82. The highest BCUT2D eigenvalue weighted by atomic mass is 35.5.